The highest BCUT2D eigenvalue weighted by Crippen LogP contribution is 2.22. The first kappa shape index (κ1) is 18.2. The Bertz CT molecular complexity index is 398. The van der Waals surface area contributed by atoms with Crippen LogP contribution in [-0.4, -0.2) is 73.7 Å². The summed E-state index contributed by atoms with van der Waals surface area (Å²) in [4.78, 5) is 17.2. The van der Waals surface area contributed by atoms with Gasteiger partial charge in [0.2, 0.25) is 5.91 Å². The van der Waals surface area contributed by atoms with Crippen molar-refractivity contribution in [1.82, 2.24) is 15.1 Å². The standard InChI is InChI=1S/C19H35N3O2/c1-16-6-2-3-9-21(16)14-17-7-4-10-22(15-17)19(23)13-20-12-18-8-5-11-24-18/h16-18,20H,2-15H2,1H3. The predicted molar refractivity (Wildman–Crippen MR) is 96.0 cm³/mol. The molecule has 0 saturated carbocycles. The summed E-state index contributed by atoms with van der Waals surface area (Å²) in [6.45, 7) is 8.82. The molecular weight excluding hydrogens is 302 g/mol. The molecule has 0 bridgehead atoms. The average molecular weight is 338 g/mol. The fourth-order valence-electron chi connectivity index (χ4n) is 4.46. The lowest BCUT2D eigenvalue weighted by Crippen LogP contribution is -2.48. The van der Waals surface area contributed by atoms with E-state index in [1.807, 2.05) is 0 Å². The van der Waals surface area contributed by atoms with Gasteiger partial charge in [-0.25, -0.2) is 0 Å². The lowest BCUT2D eigenvalue weighted by Gasteiger charge is -2.39. The highest BCUT2D eigenvalue weighted by Gasteiger charge is 2.27. The summed E-state index contributed by atoms with van der Waals surface area (Å²) in [7, 11) is 0. The second-order valence-electron chi connectivity index (χ2n) is 7.95. The molecule has 3 rings (SSSR count). The van der Waals surface area contributed by atoms with Crippen LogP contribution in [0.15, 0.2) is 0 Å². The molecule has 5 heteroatoms. The van der Waals surface area contributed by atoms with E-state index in [1.165, 1.54) is 38.8 Å². The first-order valence-corrected chi connectivity index (χ1v) is 10.1. The molecule has 0 aliphatic carbocycles. The van der Waals surface area contributed by atoms with Crippen LogP contribution in [0.5, 0.6) is 0 Å². The van der Waals surface area contributed by atoms with Gasteiger partial charge in [0.25, 0.3) is 0 Å². The molecule has 3 heterocycles. The van der Waals surface area contributed by atoms with E-state index in [9.17, 15) is 4.79 Å². The third-order valence-electron chi connectivity index (χ3n) is 5.98. The monoisotopic (exact) mass is 337 g/mol. The number of rotatable bonds is 6. The van der Waals surface area contributed by atoms with Crippen LogP contribution in [0.4, 0.5) is 0 Å². The third-order valence-corrected chi connectivity index (χ3v) is 5.98. The Kier molecular flexibility index (Phi) is 6.93. The third kappa shape index (κ3) is 5.17. The van der Waals surface area contributed by atoms with Crippen molar-refractivity contribution in [3.8, 4) is 0 Å². The van der Waals surface area contributed by atoms with Crippen LogP contribution >= 0.6 is 0 Å². The van der Waals surface area contributed by atoms with E-state index in [0.717, 1.165) is 51.5 Å². The van der Waals surface area contributed by atoms with Crippen LogP contribution in [0.2, 0.25) is 0 Å². The fraction of sp³-hybridized carbons (Fsp3) is 0.947. The summed E-state index contributed by atoms with van der Waals surface area (Å²) in [5.74, 6) is 0.922. The molecule has 3 saturated heterocycles. The summed E-state index contributed by atoms with van der Waals surface area (Å²) in [5.41, 5.74) is 0. The fourth-order valence-corrected chi connectivity index (χ4v) is 4.46. The highest BCUT2D eigenvalue weighted by atomic mass is 16.5. The van der Waals surface area contributed by atoms with Crippen molar-refractivity contribution < 1.29 is 9.53 Å². The van der Waals surface area contributed by atoms with Gasteiger partial charge in [-0.15, -0.1) is 0 Å². The van der Waals surface area contributed by atoms with Gasteiger partial charge in [0.15, 0.2) is 0 Å². The summed E-state index contributed by atoms with van der Waals surface area (Å²) in [6, 6.07) is 0.720. The van der Waals surface area contributed by atoms with Crippen molar-refractivity contribution >= 4 is 5.91 Å². The predicted octanol–water partition coefficient (Wildman–Crippen LogP) is 1.87. The summed E-state index contributed by atoms with van der Waals surface area (Å²) < 4.78 is 5.60. The van der Waals surface area contributed by atoms with Crippen LogP contribution in [0, 0.1) is 5.92 Å². The van der Waals surface area contributed by atoms with Crippen LogP contribution in [0.3, 0.4) is 0 Å². The van der Waals surface area contributed by atoms with E-state index >= 15 is 0 Å². The first-order valence-electron chi connectivity index (χ1n) is 10.1. The molecule has 3 fully saturated rings. The number of piperidine rings is 2. The largest absolute Gasteiger partial charge is 0.377 e. The molecule has 5 nitrogen and oxygen atoms in total. The van der Waals surface area contributed by atoms with Crippen molar-refractivity contribution in [3.63, 3.8) is 0 Å². The first-order chi connectivity index (χ1) is 11.7. The van der Waals surface area contributed by atoms with E-state index < -0.39 is 0 Å². The van der Waals surface area contributed by atoms with Gasteiger partial charge in [-0.3, -0.25) is 4.79 Å². The van der Waals surface area contributed by atoms with Crippen molar-refractivity contribution in [2.45, 2.75) is 64.0 Å². The van der Waals surface area contributed by atoms with E-state index in [0.29, 0.717) is 18.6 Å². The molecule has 3 atom stereocenters. The SMILES string of the molecule is CC1CCCCN1CC1CCCN(C(=O)CNCC2CCCO2)C1. The zero-order valence-electron chi connectivity index (χ0n) is 15.3. The molecular formula is C19H35N3O2. The van der Waals surface area contributed by atoms with Crippen LogP contribution < -0.4 is 5.32 Å². The van der Waals surface area contributed by atoms with E-state index in [-0.39, 0.29) is 5.91 Å². The normalized spacial score (nSPS) is 32.2. The molecule has 0 aromatic carbocycles. The molecule has 0 aromatic heterocycles. The molecule has 138 valence electrons. The Morgan fingerprint density at radius 2 is 2.04 bits per heavy atom. The van der Waals surface area contributed by atoms with Crippen molar-refractivity contribution in [2.75, 3.05) is 45.9 Å². The molecule has 3 aliphatic heterocycles. The minimum absolute atomic E-state index is 0.268. The lowest BCUT2D eigenvalue weighted by atomic mass is 9.94. The van der Waals surface area contributed by atoms with Crippen LogP contribution in [-0.2, 0) is 9.53 Å². The number of likely N-dealkylation sites (tertiary alicyclic amines) is 2. The number of carbonyl (C=O) groups is 1. The molecule has 24 heavy (non-hydrogen) atoms. The second-order valence-corrected chi connectivity index (χ2v) is 7.95. The minimum Gasteiger partial charge on any atom is -0.377 e. The van der Waals surface area contributed by atoms with E-state index in [1.54, 1.807) is 0 Å². The van der Waals surface area contributed by atoms with Crippen LogP contribution in [0.1, 0.15) is 51.9 Å². The topological polar surface area (TPSA) is 44.8 Å². The molecule has 0 aromatic rings. The summed E-state index contributed by atoms with van der Waals surface area (Å²) >= 11 is 0. The number of ether oxygens (including phenoxy) is 1. The van der Waals surface area contributed by atoms with E-state index in [2.05, 4.69) is 22.0 Å². The number of hydrogen-bond acceptors (Lipinski definition) is 4. The van der Waals surface area contributed by atoms with E-state index in [4.69, 9.17) is 4.74 Å². The minimum atomic E-state index is 0.268. The zero-order chi connectivity index (χ0) is 16.8. The Morgan fingerprint density at radius 3 is 2.83 bits per heavy atom. The Morgan fingerprint density at radius 1 is 1.12 bits per heavy atom. The summed E-state index contributed by atoms with van der Waals surface area (Å²) in [5, 5.41) is 3.30. The molecule has 3 unspecified atom stereocenters. The van der Waals surface area contributed by atoms with Gasteiger partial charge in [-0.05, 0) is 57.9 Å². The lowest BCUT2D eigenvalue weighted by molar-refractivity contribution is -0.132. The second kappa shape index (κ2) is 9.16. The number of carbonyl (C=O) groups excluding carboxylic acids is 1. The number of nitrogens with one attached hydrogen (secondary N) is 1. The quantitative estimate of drug-likeness (QED) is 0.804. The van der Waals surface area contributed by atoms with Gasteiger partial charge in [0.05, 0.1) is 12.6 Å². The van der Waals surface area contributed by atoms with Gasteiger partial charge in [-0.2, -0.15) is 0 Å². The zero-order valence-corrected chi connectivity index (χ0v) is 15.3. The number of amides is 1. The van der Waals surface area contributed by atoms with Gasteiger partial charge in [0.1, 0.15) is 0 Å². The number of nitrogens with zero attached hydrogens (tertiary/aromatic N) is 2. The smallest absolute Gasteiger partial charge is 0.236 e. The molecule has 0 radical (unpaired) electrons. The van der Waals surface area contributed by atoms with Gasteiger partial charge >= 0.3 is 0 Å². The van der Waals surface area contributed by atoms with Crippen molar-refractivity contribution in [1.29, 1.82) is 0 Å². The molecule has 1 N–H and O–H groups in total. The van der Waals surface area contributed by atoms with Crippen LogP contribution in [0.25, 0.3) is 0 Å². The Balaban J connectivity index is 1.38. The molecule has 3 aliphatic rings. The van der Waals surface area contributed by atoms with Gasteiger partial charge < -0.3 is 19.9 Å². The maximum Gasteiger partial charge on any atom is 0.236 e. The van der Waals surface area contributed by atoms with Gasteiger partial charge in [0, 0.05) is 38.8 Å². The average Bonchev–Trinajstić information content (AvgIpc) is 3.10. The Labute approximate surface area is 147 Å². The molecule has 0 spiro atoms. The highest BCUT2D eigenvalue weighted by molar-refractivity contribution is 5.78. The molecule has 1 amide bonds. The number of hydrogen-bond donors (Lipinski definition) is 1. The maximum absolute atomic E-state index is 12.5. The van der Waals surface area contributed by atoms with Crippen molar-refractivity contribution in [2.24, 2.45) is 5.92 Å². The van der Waals surface area contributed by atoms with Crippen molar-refractivity contribution in [3.05, 3.63) is 0 Å². The summed E-state index contributed by atoms with van der Waals surface area (Å²) in [6.07, 6.45) is 9.08. The Hall–Kier alpha value is -0.650. The maximum atomic E-state index is 12.5. The van der Waals surface area contributed by atoms with Gasteiger partial charge in [-0.1, -0.05) is 6.42 Å².